The summed E-state index contributed by atoms with van der Waals surface area (Å²) in [5, 5.41) is 22.7. The van der Waals surface area contributed by atoms with Crippen molar-refractivity contribution in [2.24, 2.45) is 0 Å². The van der Waals surface area contributed by atoms with E-state index >= 15 is 0 Å². The highest BCUT2D eigenvalue weighted by atomic mass is 16.7. The number of carbonyl (C=O) groups is 1. The third kappa shape index (κ3) is 2.44. The van der Waals surface area contributed by atoms with Gasteiger partial charge in [0.25, 0.3) is 5.52 Å². The van der Waals surface area contributed by atoms with E-state index in [0.29, 0.717) is 10.4 Å². The topological polar surface area (TPSA) is 94.9 Å². The van der Waals surface area contributed by atoms with Crippen LogP contribution in [0, 0.1) is 17.5 Å². The predicted octanol–water partition coefficient (Wildman–Crippen LogP) is -0.0111. The molecular weight excluding hydrogens is 248 g/mol. The Labute approximate surface area is 108 Å². The Balaban J connectivity index is 2.66. The molecule has 19 heavy (non-hydrogen) atoms. The maximum atomic E-state index is 11.6. The van der Waals surface area contributed by atoms with Gasteiger partial charge < -0.3 is 10.0 Å². The second-order valence-corrected chi connectivity index (χ2v) is 3.89. The van der Waals surface area contributed by atoms with Crippen LogP contribution in [0.5, 0.6) is 0 Å². The number of aryl methyl sites for hydroxylation is 1. The average Bonchev–Trinajstić information content (AvgIpc) is 2.35. The number of aromatic nitrogens is 3. The maximum absolute atomic E-state index is 11.6. The number of benzene rings is 1. The number of rotatable bonds is 2. The molecule has 7 nitrogen and oxygen atoms in total. The first-order valence-electron chi connectivity index (χ1n) is 5.56. The summed E-state index contributed by atoms with van der Waals surface area (Å²) in [7, 11) is 0. The molecule has 0 aliphatic carbocycles. The molecule has 0 radical (unpaired) electrons. The Morgan fingerprint density at radius 2 is 2.32 bits per heavy atom. The first-order valence-corrected chi connectivity index (χ1v) is 5.56. The third-order valence-electron chi connectivity index (χ3n) is 2.42. The summed E-state index contributed by atoms with van der Waals surface area (Å²) in [4.78, 5) is 16.8. The van der Waals surface area contributed by atoms with E-state index in [1.165, 1.54) is 12.2 Å². The molecule has 0 amide bonds. The number of fused-ring (bicyclic) bond motifs is 1. The summed E-state index contributed by atoms with van der Waals surface area (Å²) in [5.74, 6) is -0.645. The van der Waals surface area contributed by atoms with Gasteiger partial charge in [-0.1, -0.05) is 12.1 Å². The minimum atomic E-state index is -0.645. The highest BCUT2D eigenvalue weighted by Gasteiger charge is 2.14. The van der Waals surface area contributed by atoms with E-state index < -0.39 is 11.6 Å². The second kappa shape index (κ2) is 4.89. The van der Waals surface area contributed by atoms with Gasteiger partial charge >= 0.3 is 11.6 Å². The molecule has 2 aromatic rings. The van der Waals surface area contributed by atoms with Crippen LogP contribution in [0.15, 0.2) is 30.4 Å². The van der Waals surface area contributed by atoms with Gasteiger partial charge in [0.1, 0.15) is 0 Å². The molecule has 1 aromatic carbocycles. The summed E-state index contributed by atoms with van der Waals surface area (Å²) in [6, 6.07) is 4.96. The van der Waals surface area contributed by atoms with Crippen molar-refractivity contribution in [1.29, 1.82) is 5.41 Å². The zero-order valence-electron chi connectivity index (χ0n) is 10.5. The Hall–Kier alpha value is -2.70. The first kappa shape index (κ1) is 12.7. The van der Waals surface area contributed by atoms with Crippen LogP contribution >= 0.6 is 0 Å². The van der Waals surface area contributed by atoms with Gasteiger partial charge in [-0.2, -0.15) is 0 Å². The molecule has 1 heterocycles. The highest BCUT2D eigenvalue weighted by Crippen LogP contribution is 2.09. The van der Waals surface area contributed by atoms with Crippen molar-refractivity contribution in [3.8, 4) is 0 Å². The van der Waals surface area contributed by atoms with Gasteiger partial charge in [-0.05, 0) is 30.3 Å². The average molecular weight is 260 g/mol. The summed E-state index contributed by atoms with van der Waals surface area (Å²) < 4.78 is 0.922. The maximum Gasteiger partial charge on any atom is 0.356 e. The fraction of sp³-hybridized carbons (Fsp3) is 0.167. The van der Waals surface area contributed by atoms with Crippen molar-refractivity contribution in [2.75, 3.05) is 0 Å². The first-order chi connectivity index (χ1) is 9.02. The Bertz CT molecular complexity index is 734. The molecule has 0 aliphatic heterocycles. The molecule has 0 unspecified atom stereocenters. The van der Waals surface area contributed by atoms with Crippen LogP contribution in [-0.2, 0) is 4.79 Å². The van der Waals surface area contributed by atoms with E-state index in [9.17, 15) is 10.0 Å². The van der Waals surface area contributed by atoms with Crippen LogP contribution in [-0.4, -0.2) is 15.8 Å². The lowest BCUT2D eigenvalue weighted by molar-refractivity contribution is -0.645. The summed E-state index contributed by atoms with van der Waals surface area (Å²) in [6.45, 7) is 3.49. The summed E-state index contributed by atoms with van der Waals surface area (Å²) >= 11 is 0. The monoisotopic (exact) mass is 260 g/mol. The smallest absolute Gasteiger partial charge is 0.356 e. The normalized spacial score (nSPS) is 11.1. The lowest BCUT2D eigenvalue weighted by atomic mass is 10.2. The molecule has 1 N–H and O–H groups in total. The molecule has 0 saturated heterocycles. The molecule has 0 spiro atoms. The van der Waals surface area contributed by atoms with Crippen LogP contribution in [0.4, 0.5) is 0 Å². The third-order valence-corrected chi connectivity index (χ3v) is 2.42. The van der Waals surface area contributed by atoms with Crippen LogP contribution in [0.3, 0.4) is 0 Å². The molecule has 0 aliphatic rings. The standard InChI is InChI=1S/C12H12N4O3/c1-3-4-11(17)19-15-9-6-5-8(2)7-10(9)16(18)14-12(15)13/h3-7,13H,1-2H3. The van der Waals surface area contributed by atoms with Gasteiger partial charge in [0, 0.05) is 12.1 Å². The lowest BCUT2D eigenvalue weighted by Gasteiger charge is -2.08. The van der Waals surface area contributed by atoms with Crippen LogP contribution in [0.25, 0.3) is 11.0 Å². The van der Waals surface area contributed by atoms with Crippen molar-refractivity contribution in [2.45, 2.75) is 13.8 Å². The number of nitrogens with one attached hydrogen (secondary N) is 1. The minimum Gasteiger partial charge on any atom is -0.594 e. The molecule has 0 bridgehead atoms. The number of allylic oxidation sites excluding steroid dienone is 1. The zero-order chi connectivity index (χ0) is 14.0. The van der Waals surface area contributed by atoms with Crippen LogP contribution in [0.2, 0.25) is 0 Å². The zero-order valence-corrected chi connectivity index (χ0v) is 10.5. The fourth-order valence-electron chi connectivity index (χ4n) is 1.60. The van der Waals surface area contributed by atoms with E-state index in [1.807, 2.05) is 6.92 Å². The quantitative estimate of drug-likeness (QED) is 0.466. The van der Waals surface area contributed by atoms with Gasteiger partial charge in [-0.3, -0.25) is 5.41 Å². The Morgan fingerprint density at radius 1 is 1.58 bits per heavy atom. The van der Waals surface area contributed by atoms with E-state index in [2.05, 4.69) is 5.10 Å². The van der Waals surface area contributed by atoms with Crippen molar-refractivity contribution >= 4 is 17.0 Å². The predicted molar refractivity (Wildman–Crippen MR) is 65.7 cm³/mol. The molecule has 7 heteroatoms. The minimum absolute atomic E-state index is 0.226. The number of nitrogens with zero attached hydrogens (tertiary/aromatic N) is 3. The Morgan fingerprint density at radius 3 is 3.00 bits per heavy atom. The number of hydrogen-bond acceptors (Lipinski definition) is 5. The molecule has 98 valence electrons. The van der Waals surface area contributed by atoms with Crippen molar-refractivity contribution in [3.05, 3.63) is 46.7 Å². The molecule has 0 fully saturated rings. The van der Waals surface area contributed by atoms with Crippen molar-refractivity contribution < 1.29 is 14.5 Å². The van der Waals surface area contributed by atoms with E-state index in [1.54, 1.807) is 25.1 Å². The van der Waals surface area contributed by atoms with Crippen molar-refractivity contribution in [1.82, 2.24) is 9.83 Å². The van der Waals surface area contributed by atoms with Crippen molar-refractivity contribution in [3.63, 3.8) is 0 Å². The van der Waals surface area contributed by atoms with Gasteiger partial charge in [-0.25, -0.2) is 4.79 Å². The highest BCUT2D eigenvalue weighted by molar-refractivity contribution is 5.82. The Kier molecular flexibility index (Phi) is 3.28. The fourth-order valence-corrected chi connectivity index (χ4v) is 1.60. The van der Waals surface area contributed by atoms with Gasteiger partial charge in [0.05, 0.1) is 5.10 Å². The molecule has 1 aromatic heterocycles. The second-order valence-electron chi connectivity index (χ2n) is 3.89. The number of hydrogen-bond donors (Lipinski definition) is 1. The molecule has 2 rings (SSSR count). The van der Waals surface area contributed by atoms with E-state index in [4.69, 9.17) is 10.2 Å². The number of carbonyl (C=O) groups excluding carboxylic acids is 1. The van der Waals surface area contributed by atoms with Crippen LogP contribution < -0.4 is 15.3 Å². The van der Waals surface area contributed by atoms with Gasteiger partial charge in [-0.15, -0.1) is 4.73 Å². The summed E-state index contributed by atoms with van der Waals surface area (Å²) in [6.07, 6.45) is 2.73. The SMILES string of the molecule is CC=CC(=O)On1c(=N)n[n+]([O-])c2cc(C)ccc21. The largest absolute Gasteiger partial charge is 0.594 e. The molecular formula is C12H12N4O3. The van der Waals surface area contributed by atoms with Crippen LogP contribution in [0.1, 0.15) is 12.5 Å². The van der Waals surface area contributed by atoms with Gasteiger partial charge in [0.2, 0.25) is 0 Å². The summed E-state index contributed by atoms with van der Waals surface area (Å²) in [5.41, 5.74) is 0.940. The van der Waals surface area contributed by atoms with E-state index in [-0.39, 0.29) is 5.52 Å². The molecule has 0 saturated carbocycles. The van der Waals surface area contributed by atoms with Gasteiger partial charge in [0.15, 0.2) is 5.52 Å². The molecule has 0 atom stereocenters. The van der Waals surface area contributed by atoms with E-state index in [0.717, 1.165) is 10.3 Å². The lowest BCUT2D eigenvalue weighted by Crippen LogP contribution is -2.45.